The van der Waals surface area contributed by atoms with Crippen molar-refractivity contribution in [2.75, 3.05) is 0 Å². The van der Waals surface area contributed by atoms with Gasteiger partial charge in [0.05, 0.1) is 17.8 Å². The lowest BCUT2D eigenvalue weighted by atomic mass is 10.1. The van der Waals surface area contributed by atoms with Gasteiger partial charge in [-0.2, -0.15) is 4.98 Å². The highest BCUT2D eigenvalue weighted by atomic mass is 35.5. The van der Waals surface area contributed by atoms with Gasteiger partial charge < -0.3 is 9.84 Å². The van der Waals surface area contributed by atoms with Gasteiger partial charge in [-0.25, -0.2) is 4.39 Å². The maximum absolute atomic E-state index is 13.9. The van der Waals surface area contributed by atoms with Gasteiger partial charge in [0, 0.05) is 21.4 Å². The van der Waals surface area contributed by atoms with E-state index < -0.39 is 5.82 Å². The summed E-state index contributed by atoms with van der Waals surface area (Å²) in [7, 11) is 0. The predicted molar refractivity (Wildman–Crippen MR) is 96.4 cm³/mol. The van der Waals surface area contributed by atoms with E-state index in [1.807, 2.05) is 12.1 Å². The van der Waals surface area contributed by atoms with Crippen LogP contribution in [0.15, 0.2) is 34.9 Å². The number of nitrogens with zero attached hydrogens (tertiary/aromatic N) is 2. The molecule has 1 amide bonds. The molecule has 1 aliphatic carbocycles. The second kappa shape index (κ2) is 7.17. The maximum Gasteiger partial charge on any atom is 0.231 e. The Hall–Kier alpha value is -2.25. The molecule has 1 N–H and O–H groups in total. The minimum absolute atomic E-state index is 0.114. The summed E-state index contributed by atoms with van der Waals surface area (Å²) in [6.45, 7) is 0.496. The van der Waals surface area contributed by atoms with Crippen LogP contribution in [0, 0.1) is 11.7 Å². The van der Waals surface area contributed by atoms with Crippen molar-refractivity contribution in [2.24, 2.45) is 5.92 Å². The van der Waals surface area contributed by atoms with E-state index in [1.165, 1.54) is 17.4 Å². The van der Waals surface area contributed by atoms with E-state index in [4.69, 9.17) is 16.1 Å². The molecule has 0 unspecified atom stereocenters. The summed E-state index contributed by atoms with van der Waals surface area (Å²) < 4.78 is 19.1. The smallest absolute Gasteiger partial charge is 0.231 e. The Morgan fingerprint density at radius 2 is 2.19 bits per heavy atom. The molecule has 1 saturated carbocycles. The van der Waals surface area contributed by atoms with Crippen molar-refractivity contribution in [3.8, 4) is 10.7 Å². The minimum Gasteiger partial charge on any atom is -0.351 e. The van der Waals surface area contributed by atoms with Crippen molar-refractivity contribution in [1.82, 2.24) is 15.5 Å². The van der Waals surface area contributed by atoms with Gasteiger partial charge in [0.2, 0.25) is 17.6 Å². The lowest BCUT2D eigenvalue weighted by Gasteiger charge is -2.01. The van der Waals surface area contributed by atoms with Crippen LogP contribution in [0.1, 0.15) is 29.2 Å². The van der Waals surface area contributed by atoms with Crippen molar-refractivity contribution >= 4 is 28.8 Å². The van der Waals surface area contributed by atoms with Gasteiger partial charge in [-0.1, -0.05) is 22.8 Å². The lowest BCUT2D eigenvalue weighted by Crippen LogP contribution is -2.23. The molecule has 5 nitrogen and oxygen atoms in total. The first-order valence-corrected chi connectivity index (χ1v) is 9.42. The molecule has 4 rings (SSSR count). The largest absolute Gasteiger partial charge is 0.351 e. The molecule has 0 bridgehead atoms. The molecule has 1 aromatic carbocycles. The Morgan fingerprint density at radius 1 is 1.35 bits per heavy atom. The number of aromatic nitrogens is 2. The maximum atomic E-state index is 13.9. The van der Waals surface area contributed by atoms with Crippen LogP contribution in [0.4, 0.5) is 4.39 Å². The third kappa shape index (κ3) is 3.78. The molecule has 0 atom stereocenters. The Morgan fingerprint density at radius 3 is 2.96 bits per heavy atom. The van der Waals surface area contributed by atoms with Crippen LogP contribution >= 0.6 is 22.9 Å². The summed E-state index contributed by atoms with van der Waals surface area (Å²) in [5.74, 6) is 0.645. The Kier molecular flexibility index (Phi) is 4.74. The van der Waals surface area contributed by atoms with Crippen molar-refractivity contribution in [3.05, 3.63) is 57.5 Å². The Balaban J connectivity index is 1.43. The highest BCUT2D eigenvalue weighted by Crippen LogP contribution is 2.30. The number of hydrogen-bond acceptors (Lipinski definition) is 5. The molecule has 0 radical (unpaired) electrons. The van der Waals surface area contributed by atoms with Crippen LogP contribution in [-0.2, 0) is 17.8 Å². The van der Waals surface area contributed by atoms with E-state index in [0.29, 0.717) is 28.8 Å². The third-order valence-electron chi connectivity index (χ3n) is 4.12. The average molecular weight is 392 g/mol. The molecule has 8 heteroatoms. The number of hydrogen-bond donors (Lipinski definition) is 1. The van der Waals surface area contributed by atoms with E-state index in [1.54, 1.807) is 12.1 Å². The molecular weight excluding hydrogens is 377 g/mol. The zero-order valence-corrected chi connectivity index (χ0v) is 15.2. The van der Waals surface area contributed by atoms with Crippen LogP contribution in [0.2, 0.25) is 5.02 Å². The number of carbonyl (C=O) groups is 1. The van der Waals surface area contributed by atoms with Crippen LogP contribution < -0.4 is 5.32 Å². The Bertz CT molecular complexity index is 931. The summed E-state index contributed by atoms with van der Waals surface area (Å²) in [4.78, 5) is 17.9. The zero-order chi connectivity index (χ0) is 18.1. The van der Waals surface area contributed by atoms with Gasteiger partial charge in [0.25, 0.3) is 0 Å². The zero-order valence-electron chi connectivity index (χ0n) is 13.7. The van der Waals surface area contributed by atoms with Crippen molar-refractivity contribution in [3.63, 3.8) is 0 Å². The molecule has 26 heavy (non-hydrogen) atoms. The first kappa shape index (κ1) is 17.2. The van der Waals surface area contributed by atoms with E-state index in [0.717, 1.165) is 22.6 Å². The van der Waals surface area contributed by atoms with E-state index >= 15 is 0 Å². The number of carbonyl (C=O) groups excluding carboxylic acids is 1. The van der Waals surface area contributed by atoms with Crippen molar-refractivity contribution < 1.29 is 13.7 Å². The normalized spacial score (nSPS) is 13.8. The highest BCUT2D eigenvalue weighted by molar-refractivity contribution is 7.15. The summed E-state index contributed by atoms with van der Waals surface area (Å²) in [5.41, 5.74) is 0.332. The van der Waals surface area contributed by atoms with Gasteiger partial charge in [-0.3, -0.25) is 4.79 Å². The third-order valence-corrected chi connectivity index (χ3v) is 5.56. The van der Waals surface area contributed by atoms with Crippen LogP contribution in [0.3, 0.4) is 0 Å². The van der Waals surface area contributed by atoms with Gasteiger partial charge in [-0.15, -0.1) is 11.3 Å². The molecule has 3 aromatic rings. The molecule has 0 spiro atoms. The monoisotopic (exact) mass is 391 g/mol. The van der Waals surface area contributed by atoms with Gasteiger partial charge in [0.15, 0.2) is 0 Å². The van der Waals surface area contributed by atoms with E-state index in [9.17, 15) is 9.18 Å². The summed E-state index contributed by atoms with van der Waals surface area (Å²) in [6.07, 6.45) is 2.10. The second-order valence-electron chi connectivity index (χ2n) is 6.15. The summed E-state index contributed by atoms with van der Waals surface area (Å²) in [6, 6.07) is 8.33. The lowest BCUT2D eigenvalue weighted by molar-refractivity contribution is -0.122. The van der Waals surface area contributed by atoms with Crippen molar-refractivity contribution in [2.45, 2.75) is 25.8 Å². The SMILES string of the molecule is O=C(NCc1ccc(-c2noc(Cc3c(F)cccc3Cl)n2)s1)C1CC1. The topological polar surface area (TPSA) is 68.0 Å². The van der Waals surface area contributed by atoms with Crippen LogP contribution in [-0.4, -0.2) is 16.0 Å². The number of nitrogens with one attached hydrogen (secondary N) is 1. The fourth-order valence-corrected chi connectivity index (χ4v) is 3.64. The Labute approximate surface area is 158 Å². The van der Waals surface area contributed by atoms with Gasteiger partial charge in [-0.05, 0) is 37.1 Å². The molecular formula is C18H15ClFN3O2S. The highest BCUT2D eigenvalue weighted by Gasteiger charge is 2.29. The molecule has 0 saturated heterocycles. The molecule has 2 heterocycles. The van der Waals surface area contributed by atoms with Crippen LogP contribution in [0.25, 0.3) is 10.7 Å². The first-order valence-electron chi connectivity index (χ1n) is 8.22. The quantitative estimate of drug-likeness (QED) is 0.683. The number of rotatable bonds is 6. The minimum atomic E-state index is -0.401. The van der Waals surface area contributed by atoms with Crippen LogP contribution in [0.5, 0.6) is 0 Å². The second-order valence-corrected chi connectivity index (χ2v) is 7.72. The number of thiophene rings is 1. The standard InChI is InChI=1S/C18H15ClFN3O2S/c19-13-2-1-3-14(20)12(13)8-16-22-17(23-25-16)15-7-6-11(26-15)9-21-18(24)10-4-5-10/h1-3,6-7,10H,4-5,8-9H2,(H,21,24). The first-order chi connectivity index (χ1) is 12.6. The fourth-order valence-electron chi connectivity index (χ4n) is 2.54. The number of halogens is 2. The summed E-state index contributed by atoms with van der Waals surface area (Å²) >= 11 is 7.52. The molecule has 134 valence electrons. The molecule has 1 fully saturated rings. The van der Waals surface area contributed by atoms with Crippen molar-refractivity contribution in [1.29, 1.82) is 0 Å². The fraction of sp³-hybridized carbons (Fsp3) is 0.278. The molecule has 0 aliphatic heterocycles. The predicted octanol–water partition coefficient (Wildman–Crippen LogP) is 4.21. The molecule has 2 aromatic heterocycles. The average Bonchev–Trinajstić information content (AvgIpc) is 3.19. The van der Waals surface area contributed by atoms with E-state index in [-0.39, 0.29) is 18.2 Å². The summed E-state index contributed by atoms with van der Waals surface area (Å²) in [5, 5.41) is 7.22. The van der Waals surface area contributed by atoms with Gasteiger partial charge in [0.1, 0.15) is 5.82 Å². The number of benzene rings is 1. The molecule has 1 aliphatic rings. The van der Waals surface area contributed by atoms with Gasteiger partial charge >= 0.3 is 0 Å². The number of amides is 1. The van der Waals surface area contributed by atoms with E-state index in [2.05, 4.69) is 15.5 Å².